The third kappa shape index (κ3) is 4.10. The number of fused-ring (bicyclic) bond motifs is 1. The van der Waals surface area contributed by atoms with Crippen molar-refractivity contribution in [2.75, 3.05) is 26.4 Å². The number of carbonyl (C=O) groups excluding carboxylic acids is 2. The number of hydrogen-bond acceptors (Lipinski definition) is 4. The molecule has 2 aliphatic rings. The van der Waals surface area contributed by atoms with E-state index in [0.717, 1.165) is 42.9 Å². The highest BCUT2D eigenvalue weighted by molar-refractivity contribution is 5.75. The minimum atomic E-state index is -0.0780. The van der Waals surface area contributed by atoms with Crippen LogP contribution in [-0.2, 0) is 11.2 Å². The SMILES string of the molecule is CC(=O)N[C@@H]1CCCN(C(=O)NCCc2ccc3c(c2)OCO3)C1. The number of ether oxygens (including phenoxy) is 2. The molecule has 1 atom stereocenters. The molecule has 1 aromatic rings. The topological polar surface area (TPSA) is 79.9 Å². The Morgan fingerprint density at radius 2 is 2.12 bits per heavy atom. The molecule has 1 aromatic carbocycles. The third-order valence-electron chi connectivity index (χ3n) is 4.24. The van der Waals surface area contributed by atoms with Crippen LogP contribution in [0.4, 0.5) is 4.79 Å². The molecule has 3 rings (SSSR count). The Labute approximate surface area is 141 Å². The molecule has 0 spiro atoms. The molecule has 0 aromatic heterocycles. The van der Waals surface area contributed by atoms with Crippen molar-refractivity contribution in [3.8, 4) is 11.5 Å². The Hall–Kier alpha value is -2.44. The van der Waals surface area contributed by atoms with Gasteiger partial charge in [0.15, 0.2) is 11.5 Å². The van der Waals surface area contributed by atoms with Gasteiger partial charge in [0.1, 0.15) is 0 Å². The van der Waals surface area contributed by atoms with Crippen LogP contribution in [0.3, 0.4) is 0 Å². The second kappa shape index (κ2) is 7.42. The molecule has 1 saturated heterocycles. The van der Waals surface area contributed by atoms with E-state index >= 15 is 0 Å². The second-order valence-electron chi connectivity index (χ2n) is 6.16. The van der Waals surface area contributed by atoms with E-state index < -0.39 is 0 Å². The van der Waals surface area contributed by atoms with Gasteiger partial charge < -0.3 is 25.0 Å². The molecule has 3 amide bonds. The van der Waals surface area contributed by atoms with Gasteiger partial charge in [0.2, 0.25) is 12.7 Å². The van der Waals surface area contributed by atoms with Crippen molar-refractivity contribution in [1.29, 1.82) is 0 Å². The van der Waals surface area contributed by atoms with E-state index in [1.165, 1.54) is 6.92 Å². The highest BCUT2D eigenvalue weighted by Gasteiger charge is 2.23. The molecular formula is C17H23N3O4. The first-order valence-corrected chi connectivity index (χ1v) is 8.30. The first kappa shape index (κ1) is 16.4. The first-order valence-electron chi connectivity index (χ1n) is 8.30. The number of hydrogen-bond donors (Lipinski definition) is 2. The van der Waals surface area contributed by atoms with Gasteiger partial charge in [0.25, 0.3) is 0 Å². The van der Waals surface area contributed by atoms with Gasteiger partial charge in [-0.05, 0) is 37.0 Å². The van der Waals surface area contributed by atoms with Gasteiger partial charge in [-0.1, -0.05) is 6.07 Å². The third-order valence-corrected chi connectivity index (χ3v) is 4.24. The van der Waals surface area contributed by atoms with E-state index in [-0.39, 0.29) is 24.8 Å². The molecule has 2 aliphatic heterocycles. The van der Waals surface area contributed by atoms with Crippen molar-refractivity contribution in [3.05, 3.63) is 23.8 Å². The molecule has 0 bridgehead atoms. The number of urea groups is 1. The smallest absolute Gasteiger partial charge is 0.317 e. The van der Waals surface area contributed by atoms with Crippen molar-refractivity contribution < 1.29 is 19.1 Å². The van der Waals surface area contributed by atoms with Gasteiger partial charge >= 0.3 is 6.03 Å². The minimum absolute atomic E-state index is 0.0509. The number of amides is 3. The Morgan fingerprint density at radius 3 is 2.96 bits per heavy atom. The zero-order chi connectivity index (χ0) is 16.9. The first-order chi connectivity index (χ1) is 11.6. The summed E-state index contributed by atoms with van der Waals surface area (Å²) in [5, 5.41) is 5.83. The van der Waals surface area contributed by atoms with Crippen molar-refractivity contribution in [1.82, 2.24) is 15.5 Å². The summed E-state index contributed by atoms with van der Waals surface area (Å²) >= 11 is 0. The summed E-state index contributed by atoms with van der Waals surface area (Å²) in [5.41, 5.74) is 1.09. The summed E-state index contributed by atoms with van der Waals surface area (Å²) in [6, 6.07) is 5.79. The molecule has 24 heavy (non-hydrogen) atoms. The maximum absolute atomic E-state index is 12.3. The van der Waals surface area contributed by atoms with Gasteiger partial charge in [-0.2, -0.15) is 0 Å². The highest BCUT2D eigenvalue weighted by atomic mass is 16.7. The van der Waals surface area contributed by atoms with Crippen LogP contribution < -0.4 is 20.1 Å². The van der Waals surface area contributed by atoms with Crippen LogP contribution in [0.5, 0.6) is 11.5 Å². The Bertz CT molecular complexity index is 620. The van der Waals surface area contributed by atoms with Crippen molar-refractivity contribution in [3.63, 3.8) is 0 Å². The maximum atomic E-state index is 12.3. The van der Waals surface area contributed by atoms with Gasteiger partial charge in [-0.3, -0.25) is 4.79 Å². The molecule has 0 radical (unpaired) electrons. The molecule has 2 heterocycles. The fraction of sp³-hybridized carbons (Fsp3) is 0.529. The number of likely N-dealkylation sites (tertiary alicyclic amines) is 1. The zero-order valence-corrected chi connectivity index (χ0v) is 13.8. The predicted molar refractivity (Wildman–Crippen MR) is 88.1 cm³/mol. The fourth-order valence-electron chi connectivity index (χ4n) is 3.09. The van der Waals surface area contributed by atoms with Gasteiger partial charge in [-0.25, -0.2) is 4.79 Å². The van der Waals surface area contributed by atoms with Crippen LogP contribution in [-0.4, -0.2) is 49.3 Å². The van der Waals surface area contributed by atoms with Crippen LogP contribution in [0.25, 0.3) is 0 Å². The Morgan fingerprint density at radius 1 is 1.29 bits per heavy atom. The lowest BCUT2D eigenvalue weighted by Crippen LogP contribution is -2.52. The number of carbonyl (C=O) groups is 2. The quantitative estimate of drug-likeness (QED) is 0.869. The Balaban J connectivity index is 1.44. The number of rotatable bonds is 4. The summed E-state index contributed by atoms with van der Waals surface area (Å²) in [4.78, 5) is 25.2. The van der Waals surface area contributed by atoms with Crippen molar-refractivity contribution in [2.24, 2.45) is 0 Å². The molecular weight excluding hydrogens is 310 g/mol. The van der Waals surface area contributed by atoms with E-state index in [0.29, 0.717) is 13.1 Å². The Kier molecular flexibility index (Phi) is 5.08. The van der Waals surface area contributed by atoms with Crippen LogP contribution in [0.2, 0.25) is 0 Å². The van der Waals surface area contributed by atoms with E-state index in [4.69, 9.17) is 9.47 Å². The van der Waals surface area contributed by atoms with E-state index in [2.05, 4.69) is 10.6 Å². The largest absolute Gasteiger partial charge is 0.454 e. The number of nitrogens with zero attached hydrogens (tertiary/aromatic N) is 1. The average molecular weight is 333 g/mol. The lowest BCUT2D eigenvalue weighted by atomic mass is 10.1. The normalized spacial score (nSPS) is 19.0. The zero-order valence-electron chi connectivity index (χ0n) is 13.8. The van der Waals surface area contributed by atoms with Crippen LogP contribution in [0.1, 0.15) is 25.3 Å². The average Bonchev–Trinajstić information content (AvgIpc) is 3.02. The summed E-state index contributed by atoms with van der Waals surface area (Å²) in [7, 11) is 0. The molecule has 130 valence electrons. The number of nitrogens with one attached hydrogen (secondary N) is 2. The summed E-state index contributed by atoms with van der Waals surface area (Å²) < 4.78 is 10.6. The van der Waals surface area contributed by atoms with Crippen LogP contribution in [0, 0.1) is 0 Å². The second-order valence-corrected chi connectivity index (χ2v) is 6.16. The standard InChI is InChI=1S/C17H23N3O4/c1-12(21)19-14-3-2-8-20(10-14)17(22)18-7-6-13-4-5-15-16(9-13)24-11-23-15/h4-5,9,14H,2-3,6-8,10-11H2,1H3,(H,18,22)(H,19,21)/t14-/m1/s1. The minimum Gasteiger partial charge on any atom is -0.454 e. The maximum Gasteiger partial charge on any atom is 0.317 e. The van der Waals surface area contributed by atoms with Crippen molar-refractivity contribution >= 4 is 11.9 Å². The predicted octanol–water partition coefficient (Wildman–Crippen LogP) is 1.27. The molecule has 0 aliphatic carbocycles. The fourth-order valence-corrected chi connectivity index (χ4v) is 3.09. The number of benzene rings is 1. The lowest BCUT2D eigenvalue weighted by Gasteiger charge is -2.33. The van der Waals surface area contributed by atoms with E-state index in [1.54, 1.807) is 4.90 Å². The number of piperidine rings is 1. The highest BCUT2D eigenvalue weighted by Crippen LogP contribution is 2.32. The van der Waals surface area contributed by atoms with Gasteiger partial charge in [0, 0.05) is 32.6 Å². The summed E-state index contributed by atoms with van der Waals surface area (Å²) in [5.74, 6) is 1.47. The van der Waals surface area contributed by atoms with Crippen LogP contribution in [0.15, 0.2) is 18.2 Å². The van der Waals surface area contributed by atoms with Crippen molar-refractivity contribution in [2.45, 2.75) is 32.2 Å². The summed E-state index contributed by atoms with van der Waals surface area (Å²) in [6.07, 6.45) is 2.55. The van der Waals surface area contributed by atoms with E-state index in [9.17, 15) is 9.59 Å². The molecule has 7 heteroatoms. The molecule has 2 N–H and O–H groups in total. The van der Waals surface area contributed by atoms with Crippen LogP contribution >= 0.6 is 0 Å². The molecule has 7 nitrogen and oxygen atoms in total. The lowest BCUT2D eigenvalue weighted by molar-refractivity contribution is -0.119. The molecule has 0 saturated carbocycles. The summed E-state index contributed by atoms with van der Waals surface area (Å²) in [6.45, 7) is 3.62. The molecule has 1 fully saturated rings. The van der Waals surface area contributed by atoms with E-state index in [1.807, 2.05) is 18.2 Å². The van der Waals surface area contributed by atoms with Gasteiger partial charge in [-0.15, -0.1) is 0 Å². The van der Waals surface area contributed by atoms with Gasteiger partial charge in [0.05, 0.1) is 0 Å². The molecule has 0 unspecified atom stereocenters. The monoisotopic (exact) mass is 333 g/mol.